The van der Waals surface area contributed by atoms with Gasteiger partial charge in [-0.2, -0.15) is 18.3 Å². The van der Waals surface area contributed by atoms with Gasteiger partial charge in [0.2, 0.25) is 0 Å². The minimum absolute atomic E-state index is 0.0455. The SMILES string of the molecule is O=C(O)c1ccc(CNC(=O)c2cc(-c3cc(F)cc(C(F)(F)F)c3)cc3cnn(Cc4cccc(-c5ccccc5)c4)c23)cc1. The van der Waals surface area contributed by atoms with Crippen molar-refractivity contribution in [2.24, 2.45) is 0 Å². The van der Waals surface area contributed by atoms with Crippen LogP contribution < -0.4 is 5.32 Å². The summed E-state index contributed by atoms with van der Waals surface area (Å²) in [6, 6.07) is 28.9. The molecule has 0 spiro atoms. The fourth-order valence-electron chi connectivity index (χ4n) is 5.31. The summed E-state index contributed by atoms with van der Waals surface area (Å²) in [5.41, 5.74) is 3.25. The summed E-state index contributed by atoms with van der Waals surface area (Å²) < 4.78 is 56.6. The molecule has 6 aromatic rings. The van der Waals surface area contributed by atoms with E-state index in [9.17, 15) is 27.2 Å². The molecular weight excluding hydrogens is 598 g/mol. The van der Waals surface area contributed by atoms with E-state index in [-0.39, 0.29) is 28.8 Å². The quantitative estimate of drug-likeness (QED) is 0.168. The molecular formula is C36H25F4N3O3. The molecule has 5 aromatic carbocycles. The number of aromatic nitrogens is 2. The first kappa shape index (κ1) is 30.3. The molecule has 6 nitrogen and oxygen atoms in total. The van der Waals surface area contributed by atoms with Crippen LogP contribution in [0, 0.1) is 5.82 Å². The maximum absolute atomic E-state index is 14.4. The third-order valence-corrected chi connectivity index (χ3v) is 7.56. The highest BCUT2D eigenvalue weighted by Crippen LogP contribution is 2.35. The highest BCUT2D eigenvalue weighted by atomic mass is 19.4. The predicted octanol–water partition coefficient (Wildman–Crippen LogP) is 8.20. The molecule has 0 saturated carbocycles. The van der Waals surface area contributed by atoms with Gasteiger partial charge in [0.1, 0.15) is 5.82 Å². The van der Waals surface area contributed by atoms with Gasteiger partial charge in [-0.1, -0.05) is 60.7 Å². The highest BCUT2D eigenvalue weighted by Gasteiger charge is 2.31. The molecule has 1 aromatic heterocycles. The Bertz CT molecular complexity index is 2070. The Kier molecular flexibility index (Phi) is 8.10. The number of benzene rings is 5. The van der Waals surface area contributed by atoms with E-state index in [1.54, 1.807) is 22.9 Å². The van der Waals surface area contributed by atoms with Gasteiger partial charge in [-0.25, -0.2) is 9.18 Å². The van der Waals surface area contributed by atoms with Crippen LogP contribution in [0.1, 0.15) is 37.4 Å². The first-order valence-corrected chi connectivity index (χ1v) is 14.2. The van der Waals surface area contributed by atoms with Crippen molar-refractivity contribution in [3.8, 4) is 22.3 Å². The molecule has 0 aliphatic rings. The molecule has 0 saturated heterocycles. The average molecular weight is 624 g/mol. The molecule has 0 aliphatic heterocycles. The number of aromatic carboxylic acids is 1. The summed E-state index contributed by atoms with van der Waals surface area (Å²) in [6.45, 7) is 0.342. The number of fused-ring (bicyclic) bond motifs is 1. The van der Waals surface area contributed by atoms with E-state index in [2.05, 4.69) is 10.4 Å². The Hall–Kier alpha value is -5.77. The largest absolute Gasteiger partial charge is 0.478 e. The first-order chi connectivity index (χ1) is 22.0. The van der Waals surface area contributed by atoms with Gasteiger partial charge in [0.15, 0.2) is 0 Å². The summed E-state index contributed by atoms with van der Waals surface area (Å²) in [4.78, 5) is 24.9. The summed E-state index contributed by atoms with van der Waals surface area (Å²) in [6.07, 6.45) is -3.25. The van der Waals surface area contributed by atoms with Crippen molar-refractivity contribution in [3.63, 3.8) is 0 Å². The maximum atomic E-state index is 14.4. The number of carbonyl (C=O) groups excluding carboxylic acids is 1. The van der Waals surface area contributed by atoms with E-state index in [0.29, 0.717) is 29.1 Å². The van der Waals surface area contributed by atoms with Gasteiger partial charge in [-0.3, -0.25) is 9.48 Å². The molecule has 0 fully saturated rings. The zero-order valence-corrected chi connectivity index (χ0v) is 24.1. The van der Waals surface area contributed by atoms with Gasteiger partial charge < -0.3 is 10.4 Å². The Balaban J connectivity index is 1.40. The lowest BCUT2D eigenvalue weighted by atomic mass is 9.98. The van der Waals surface area contributed by atoms with E-state index >= 15 is 0 Å². The third-order valence-electron chi connectivity index (χ3n) is 7.56. The summed E-state index contributed by atoms with van der Waals surface area (Å²) in [5, 5.41) is 17.0. The Morgan fingerprint density at radius 3 is 2.20 bits per heavy atom. The molecule has 10 heteroatoms. The zero-order chi connectivity index (χ0) is 32.4. The lowest BCUT2D eigenvalue weighted by Crippen LogP contribution is -2.24. The standard InChI is InChI=1S/C36H25F4N3O3/c37-31-16-28(15-30(18-31)36(38,39)40)27-14-29-20-42-43(21-23-5-4-8-26(13-23)24-6-2-1-3-7-24)33(29)32(17-27)34(44)41-19-22-9-11-25(12-10-22)35(45)46/h1-18,20H,19,21H2,(H,41,44)(H,45,46). The summed E-state index contributed by atoms with van der Waals surface area (Å²) in [7, 11) is 0. The average Bonchev–Trinajstić information content (AvgIpc) is 3.45. The second kappa shape index (κ2) is 12.3. The van der Waals surface area contributed by atoms with Crippen molar-refractivity contribution in [2.75, 3.05) is 0 Å². The van der Waals surface area contributed by atoms with Crippen LogP contribution >= 0.6 is 0 Å². The first-order valence-electron chi connectivity index (χ1n) is 14.2. The van der Waals surface area contributed by atoms with E-state index in [1.807, 2.05) is 54.6 Å². The minimum Gasteiger partial charge on any atom is -0.478 e. The van der Waals surface area contributed by atoms with Crippen molar-refractivity contribution in [1.82, 2.24) is 15.1 Å². The number of nitrogens with one attached hydrogen (secondary N) is 1. The fraction of sp³-hybridized carbons (Fsp3) is 0.0833. The number of halogens is 4. The van der Waals surface area contributed by atoms with Gasteiger partial charge >= 0.3 is 12.1 Å². The van der Waals surface area contributed by atoms with Crippen molar-refractivity contribution in [3.05, 3.63) is 149 Å². The lowest BCUT2D eigenvalue weighted by Gasteiger charge is -2.14. The number of carboxylic acids is 1. The predicted molar refractivity (Wildman–Crippen MR) is 166 cm³/mol. The lowest BCUT2D eigenvalue weighted by molar-refractivity contribution is -0.137. The molecule has 0 atom stereocenters. The van der Waals surface area contributed by atoms with Crippen LogP contribution in [0.3, 0.4) is 0 Å². The van der Waals surface area contributed by atoms with Crippen molar-refractivity contribution in [1.29, 1.82) is 0 Å². The number of hydrogen-bond acceptors (Lipinski definition) is 3. The number of nitrogens with zero attached hydrogens (tertiary/aromatic N) is 2. The number of alkyl halides is 3. The number of carbonyl (C=O) groups is 2. The molecule has 1 amide bonds. The summed E-state index contributed by atoms with van der Waals surface area (Å²) >= 11 is 0. The topological polar surface area (TPSA) is 84.2 Å². The molecule has 230 valence electrons. The van der Waals surface area contributed by atoms with Crippen LogP contribution in [0.5, 0.6) is 0 Å². The van der Waals surface area contributed by atoms with Crippen LogP contribution in [-0.4, -0.2) is 26.8 Å². The van der Waals surface area contributed by atoms with Crippen LogP contribution in [-0.2, 0) is 19.3 Å². The van der Waals surface area contributed by atoms with E-state index < -0.39 is 29.4 Å². The highest BCUT2D eigenvalue weighted by molar-refractivity contribution is 6.07. The van der Waals surface area contributed by atoms with Gasteiger partial charge in [-0.05, 0) is 81.9 Å². The van der Waals surface area contributed by atoms with Gasteiger partial charge in [0.05, 0.1) is 34.9 Å². The van der Waals surface area contributed by atoms with E-state index in [0.717, 1.165) is 28.8 Å². The third kappa shape index (κ3) is 6.51. The van der Waals surface area contributed by atoms with Gasteiger partial charge in [0.25, 0.3) is 5.91 Å². The Morgan fingerprint density at radius 1 is 0.761 bits per heavy atom. The van der Waals surface area contributed by atoms with Gasteiger partial charge in [-0.15, -0.1) is 0 Å². The van der Waals surface area contributed by atoms with Crippen molar-refractivity contribution in [2.45, 2.75) is 19.3 Å². The molecule has 0 unspecified atom stereocenters. The number of carboxylic acid groups (broad SMARTS) is 1. The van der Waals surface area contributed by atoms with Crippen molar-refractivity contribution >= 4 is 22.8 Å². The monoisotopic (exact) mass is 623 g/mol. The number of amides is 1. The molecule has 46 heavy (non-hydrogen) atoms. The van der Waals surface area contributed by atoms with Crippen LogP contribution in [0.2, 0.25) is 0 Å². The summed E-state index contributed by atoms with van der Waals surface area (Å²) in [5.74, 6) is -2.68. The smallest absolute Gasteiger partial charge is 0.416 e. The maximum Gasteiger partial charge on any atom is 0.416 e. The molecule has 0 bridgehead atoms. The van der Waals surface area contributed by atoms with Crippen LogP contribution in [0.25, 0.3) is 33.2 Å². The Labute approximate surface area is 260 Å². The minimum atomic E-state index is -4.77. The molecule has 0 aliphatic carbocycles. The van der Waals surface area contributed by atoms with E-state index in [1.165, 1.54) is 24.4 Å². The molecule has 1 heterocycles. The second-order valence-corrected chi connectivity index (χ2v) is 10.7. The fourth-order valence-corrected chi connectivity index (χ4v) is 5.31. The number of hydrogen-bond donors (Lipinski definition) is 2. The van der Waals surface area contributed by atoms with Gasteiger partial charge in [0, 0.05) is 11.9 Å². The molecule has 6 rings (SSSR count). The van der Waals surface area contributed by atoms with Crippen molar-refractivity contribution < 1.29 is 32.3 Å². The zero-order valence-electron chi connectivity index (χ0n) is 24.1. The second-order valence-electron chi connectivity index (χ2n) is 10.7. The molecule has 0 radical (unpaired) electrons. The van der Waals surface area contributed by atoms with E-state index in [4.69, 9.17) is 5.11 Å². The van der Waals surface area contributed by atoms with Crippen LogP contribution in [0.4, 0.5) is 17.6 Å². The number of rotatable bonds is 8. The normalized spacial score (nSPS) is 11.5. The molecule has 2 N–H and O–H groups in total. The Morgan fingerprint density at radius 2 is 1.48 bits per heavy atom. The van der Waals surface area contributed by atoms with Crippen LogP contribution in [0.15, 0.2) is 115 Å².